The summed E-state index contributed by atoms with van der Waals surface area (Å²) in [5.74, 6) is 0.375. The van der Waals surface area contributed by atoms with Gasteiger partial charge in [-0.2, -0.15) is 0 Å². The van der Waals surface area contributed by atoms with Gasteiger partial charge in [0.2, 0.25) is 5.91 Å². The first kappa shape index (κ1) is 12.5. The molecule has 1 aliphatic rings. The zero-order valence-electron chi connectivity index (χ0n) is 10.4. The lowest BCUT2D eigenvalue weighted by atomic mass is 10.0. The lowest BCUT2D eigenvalue weighted by molar-refractivity contribution is -0.123. The van der Waals surface area contributed by atoms with E-state index in [-0.39, 0.29) is 35.2 Å². The molecule has 1 unspecified atom stereocenters. The van der Waals surface area contributed by atoms with Crippen LogP contribution in [0.15, 0.2) is 0 Å². The van der Waals surface area contributed by atoms with Crippen LogP contribution in [0, 0.1) is 22.7 Å². The first-order valence-corrected chi connectivity index (χ1v) is 5.63. The third-order valence-corrected chi connectivity index (χ3v) is 4.22. The van der Waals surface area contributed by atoms with E-state index in [0.29, 0.717) is 6.54 Å². The first-order chi connectivity index (χ1) is 6.75. The number of amides is 1. The van der Waals surface area contributed by atoms with Crippen molar-refractivity contribution in [3.05, 3.63) is 0 Å². The Bertz CT molecular complexity index is 244. The molecule has 1 rings (SSSR count). The summed E-state index contributed by atoms with van der Waals surface area (Å²) in [4.78, 5) is 11.9. The topological polar surface area (TPSA) is 49.3 Å². The number of nitrogens with one attached hydrogen (secondary N) is 1. The summed E-state index contributed by atoms with van der Waals surface area (Å²) < 4.78 is 0. The van der Waals surface area contributed by atoms with Crippen LogP contribution in [0.3, 0.4) is 0 Å². The molecule has 0 aromatic rings. The Kier molecular flexibility index (Phi) is 3.15. The standard InChI is InChI=1S/C12H23NO2/c1-8(7-14)6-13-10(15)9-11(2,3)12(9,4)5/h8-9,14H,6-7H2,1-5H3,(H,13,15). The molecule has 2 N–H and O–H groups in total. The molecule has 3 heteroatoms. The molecule has 1 atom stereocenters. The molecule has 3 nitrogen and oxygen atoms in total. The normalized spacial score (nSPS) is 24.7. The maximum atomic E-state index is 11.9. The summed E-state index contributed by atoms with van der Waals surface area (Å²) in [6.45, 7) is 11.1. The van der Waals surface area contributed by atoms with E-state index in [1.807, 2.05) is 6.92 Å². The summed E-state index contributed by atoms with van der Waals surface area (Å²) in [7, 11) is 0. The number of hydrogen-bond donors (Lipinski definition) is 2. The first-order valence-electron chi connectivity index (χ1n) is 5.63. The lowest BCUT2D eigenvalue weighted by Gasteiger charge is -2.10. The zero-order valence-corrected chi connectivity index (χ0v) is 10.4. The third kappa shape index (κ3) is 2.03. The van der Waals surface area contributed by atoms with Crippen molar-refractivity contribution < 1.29 is 9.90 Å². The van der Waals surface area contributed by atoms with Gasteiger partial charge in [0.1, 0.15) is 0 Å². The van der Waals surface area contributed by atoms with Crippen molar-refractivity contribution >= 4 is 5.91 Å². The predicted molar refractivity (Wildman–Crippen MR) is 60.3 cm³/mol. The van der Waals surface area contributed by atoms with Crippen molar-refractivity contribution in [2.45, 2.75) is 34.6 Å². The molecular weight excluding hydrogens is 190 g/mol. The van der Waals surface area contributed by atoms with E-state index < -0.39 is 0 Å². The van der Waals surface area contributed by atoms with Crippen LogP contribution in [-0.4, -0.2) is 24.2 Å². The highest BCUT2D eigenvalue weighted by Crippen LogP contribution is 2.68. The van der Waals surface area contributed by atoms with E-state index in [1.165, 1.54) is 0 Å². The van der Waals surface area contributed by atoms with E-state index in [2.05, 4.69) is 33.0 Å². The highest BCUT2D eigenvalue weighted by Gasteiger charge is 2.68. The Balaban J connectivity index is 2.45. The largest absolute Gasteiger partial charge is 0.396 e. The van der Waals surface area contributed by atoms with Crippen molar-refractivity contribution in [1.29, 1.82) is 0 Å². The van der Waals surface area contributed by atoms with Crippen LogP contribution in [0.2, 0.25) is 0 Å². The van der Waals surface area contributed by atoms with Gasteiger partial charge < -0.3 is 10.4 Å². The number of rotatable bonds is 4. The minimum Gasteiger partial charge on any atom is -0.396 e. The number of aliphatic hydroxyl groups excluding tert-OH is 1. The number of carbonyl (C=O) groups is 1. The van der Waals surface area contributed by atoms with E-state index >= 15 is 0 Å². The fourth-order valence-electron chi connectivity index (χ4n) is 2.29. The molecule has 1 saturated carbocycles. The third-order valence-electron chi connectivity index (χ3n) is 4.22. The number of hydrogen-bond acceptors (Lipinski definition) is 2. The predicted octanol–water partition coefficient (Wildman–Crippen LogP) is 1.41. The minimum absolute atomic E-state index is 0.0968. The molecule has 15 heavy (non-hydrogen) atoms. The maximum absolute atomic E-state index is 11.9. The molecule has 88 valence electrons. The van der Waals surface area contributed by atoms with Gasteiger partial charge in [-0.3, -0.25) is 4.79 Å². The Hall–Kier alpha value is -0.570. The highest BCUT2D eigenvalue weighted by atomic mass is 16.3. The second-order valence-corrected chi connectivity index (χ2v) is 5.91. The van der Waals surface area contributed by atoms with Crippen molar-refractivity contribution in [1.82, 2.24) is 5.32 Å². The smallest absolute Gasteiger partial charge is 0.224 e. The monoisotopic (exact) mass is 213 g/mol. The molecule has 0 saturated heterocycles. The van der Waals surface area contributed by atoms with Crippen molar-refractivity contribution in [3.8, 4) is 0 Å². The zero-order chi connectivity index (χ0) is 11.9. The van der Waals surface area contributed by atoms with Crippen molar-refractivity contribution in [3.63, 3.8) is 0 Å². The van der Waals surface area contributed by atoms with E-state index in [9.17, 15) is 4.79 Å². The second-order valence-electron chi connectivity index (χ2n) is 5.91. The van der Waals surface area contributed by atoms with Gasteiger partial charge in [-0.15, -0.1) is 0 Å². The molecule has 0 radical (unpaired) electrons. The average molecular weight is 213 g/mol. The van der Waals surface area contributed by atoms with Crippen LogP contribution in [0.1, 0.15) is 34.6 Å². The van der Waals surface area contributed by atoms with Crippen LogP contribution in [0.5, 0.6) is 0 Å². The molecule has 0 aromatic carbocycles. The molecule has 1 amide bonds. The summed E-state index contributed by atoms with van der Waals surface area (Å²) in [6, 6.07) is 0. The Morgan fingerprint density at radius 3 is 2.13 bits per heavy atom. The van der Waals surface area contributed by atoms with E-state index in [1.54, 1.807) is 0 Å². The van der Waals surface area contributed by atoms with Crippen LogP contribution in [0.4, 0.5) is 0 Å². The van der Waals surface area contributed by atoms with Gasteiger partial charge in [0.15, 0.2) is 0 Å². The number of carbonyl (C=O) groups excluding carboxylic acids is 1. The molecular formula is C12H23NO2. The molecule has 1 aliphatic carbocycles. The average Bonchev–Trinajstić information content (AvgIpc) is 2.53. The van der Waals surface area contributed by atoms with Gasteiger partial charge in [0, 0.05) is 19.1 Å². The quantitative estimate of drug-likeness (QED) is 0.742. The summed E-state index contributed by atoms with van der Waals surface area (Å²) in [5, 5.41) is 11.8. The van der Waals surface area contributed by atoms with Gasteiger partial charge >= 0.3 is 0 Å². The van der Waals surface area contributed by atoms with Gasteiger partial charge in [-0.1, -0.05) is 34.6 Å². The molecule has 1 fully saturated rings. The SMILES string of the molecule is CC(CO)CNC(=O)C1C(C)(C)C1(C)C. The Morgan fingerprint density at radius 2 is 1.80 bits per heavy atom. The number of aliphatic hydroxyl groups is 1. The van der Waals surface area contributed by atoms with E-state index in [4.69, 9.17) is 5.11 Å². The second kappa shape index (κ2) is 3.78. The fourth-order valence-corrected chi connectivity index (χ4v) is 2.29. The summed E-state index contributed by atoms with van der Waals surface area (Å²) in [6.07, 6.45) is 0. The molecule has 0 aliphatic heterocycles. The maximum Gasteiger partial charge on any atom is 0.224 e. The highest BCUT2D eigenvalue weighted by molar-refractivity contribution is 5.84. The fraction of sp³-hybridized carbons (Fsp3) is 0.917. The van der Waals surface area contributed by atoms with Crippen molar-refractivity contribution in [2.24, 2.45) is 22.7 Å². The van der Waals surface area contributed by atoms with Gasteiger partial charge in [-0.05, 0) is 16.7 Å². The summed E-state index contributed by atoms with van der Waals surface area (Å²) >= 11 is 0. The Morgan fingerprint density at radius 1 is 1.33 bits per heavy atom. The van der Waals surface area contributed by atoms with E-state index in [0.717, 1.165) is 0 Å². The molecule has 0 aromatic heterocycles. The minimum atomic E-state index is 0.0968. The molecule has 0 spiro atoms. The van der Waals surface area contributed by atoms with Crippen LogP contribution >= 0.6 is 0 Å². The lowest BCUT2D eigenvalue weighted by Crippen LogP contribution is -2.32. The Labute approximate surface area is 92.3 Å². The van der Waals surface area contributed by atoms with Crippen LogP contribution < -0.4 is 5.32 Å². The van der Waals surface area contributed by atoms with Gasteiger partial charge in [-0.25, -0.2) is 0 Å². The summed E-state index contributed by atoms with van der Waals surface area (Å²) in [5.41, 5.74) is 0.194. The van der Waals surface area contributed by atoms with Crippen LogP contribution in [0.25, 0.3) is 0 Å². The molecule has 0 heterocycles. The van der Waals surface area contributed by atoms with Crippen LogP contribution in [-0.2, 0) is 4.79 Å². The molecule has 0 bridgehead atoms. The van der Waals surface area contributed by atoms with Gasteiger partial charge in [0.25, 0.3) is 0 Å². The van der Waals surface area contributed by atoms with Crippen molar-refractivity contribution in [2.75, 3.05) is 13.2 Å². The van der Waals surface area contributed by atoms with Gasteiger partial charge in [0.05, 0.1) is 0 Å².